The second-order valence-electron chi connectivity index (χ2n) is 7.77. The third-order valence-corrected chi connectivity index (χ3v) is 4.26. The molecule has 0 aliphatic carbocycles. The van der Waals surface area contributed by atoms with Gasteiger partial charge in [0.05, 0.1) is 0 Å². The minimum atomic E-state index is -0.460. The molecule has 6 heteroatoms. The van der Waals surface area contributed by atoms with E-state index in [1.165, 1.54) is 0 Å². The van der Waals surface area contributed by atoms with Crippen LogP contribution in [0.5, 0.6) is 0 Å². The van der Waals surface area contributed by atoms with E-state index in [1.807, 2.05) is 25.7 Å². The van der Waals surface area contributed by atoms with E-state index in [0.717, 1.165) is 38.8 Å². The van der Waals surface area contributed by atoms with Crippen molar-refractivity contribution in [1.82, 2.24) is 9.88 Å². The van der Waals surface area contributed by atoms with E-state index in [0.29, 0.717) is 18.2 Å². The van der Waals surface area contributed by atoms with Crippen LogP contribution in [-0.2, 0) is 9.47 Å². The van der Waals surface area contributed by atoms with E-state index >= 15 is 0 Å². The number of rotatable bonds is 7. The maximum Gasteiger partial charge on any atom is 0.410 e. The molecule has 26 heavy (non-hydrogen) atoms. The molecule has 2 heterocycles. The summed E-state index contributed by atoms with van der Waals surface area (Å²) in [5, 5.41) is 0. The van der Waals surface area contributed by atoms with Crippen molar-refractivity contribution in [2.75, 3.05) is 26.3 Å². The monoisotopic (exact) mass is 362 g/mol. The molecule has 6 nitrogen and oxygen atoms in total. The number of likely N-dealkylation sites (tertiary alicyclic amines) is 1. The smallest absolute Gasteiger partial charge is 0.410 e. The van der Waals surface area contributed by atoms with E-state index in [4.69, 9.17) is 9.47 Å². The van der Waals surface area contributed by atoms with E-state index in [2.05, 4.69) is 4.98 Å². The van der Waals surface area contributed by atoms with Crippen LogP contribution in [0.25, 0.3) is 0 Å². The maximum absolute atomic E-state index is 12.2. The zero-order valence-electron chi connectivity index (χ0n) is 16.1. The Balaban J connectivity index is 1.63. The number of piperidine rings is 1. The van der Waals surface area contributed by atoms with Crippen molar-refractivity contribution >= 4 is 11.9 Å². The molecule has 0 unspecified atom stereocenters. The second-order valence-corrected chi connectivity index (χ2v) is 7.77. The molecule has 0 spiro atoms. The summed E-state index contributed by atoms with van der Waals surface area (Å²) in [6.07, 6.45) is 5.36. The van der Waals surface area contributed by atoms with Crippen LogP contribution >= 0.6 is 0 Å². The van der Waals surface area contributed by atoms with Gasteiger partial charge in [0, 0.05) is 25.9 Å². The standard InChI is InChI=1S/C20H30N2O4/c1-20(2,3)26-19(24)22-12-6-8-16(14-22)9-7-13-25-15-18(23)17-10-4-5-11-21-17/h4-5,10-11,16H,6-9,12-15H2,1-3H3/t16-/m1/s1. The summed E-state index contributed by atoms with van der Waals surface area (Å²) in [4.78, 5) is 29.9. The Morgan fingerprint density at radius 1 is 1.31 bits per heavy atom. The van der Waals surface area contributed by atoms with Crippen molar-refractivity contribution in [2.45, 2.75) is 52.1 Å². The molecule has 1 aliphatic heterocycles. The number of Topliss-reactive ketones (excluding diaryl/α,β-unsaturated/α-hetero) is 1. The van der Waals surface area contributed by atoms with Gasteiger partial charge in [0.2, 0.25) is 5.78 Å². The maximum atomic E-state index is 12.2. The summed E-state index contributed by atoms with van der Waals surface area (Å²) in [7, 11) is 0. The van der Waals surface area contributed by atoms with Crippen molar-refractivity contribution in [1.29, 1.82) is 0 Å². The summed E-state index contributed by atoms with van der Waals surface area (Å²) < 4.78 is 10.9. The molecule has 0 aromatic carbocycles. The van der Waals surface area contributed by atoms with Gasteiger partial charge in [-0.1, -0.05) is 6.07 Å². The molecule has 1 fully saturated rings. The molecule has 144 valence electrons. The van der Waals surface area contributed by atoms with Gasteiger partial charge < -0.3 is 14.4 Å². The summed E-state index contributed by atoms with van der Waals surface area (Å²) in [5.41, 5.74) is -0.0225. The average Bonchev–Trinajstić information content (AvgIpc) is 2.61. The Kier molecular flexibility index (Phi) is 7.57. The van der Waals surface area contributed by atoms with E-state index in [9.17, 15) is 9.59 Å². The molecular weight excluding hydrogens is 332 g/mol. The number of carbonyl (C=O) groups is 2. The molecule has 1 aromatic rings. The Labute approximate surface area is 155 Å². The van der Waals surface area contributed by atoms with Crippen LogP contribution in [0, 0.1) is 5.92 Å². The predicted molar refractivity (Wildman–Crippen MR) is 99.2 cm³/mol. The minimum Gasteiger partial charge on any atom is -0.444 e. The quantitative estimate of drug-likeness (QED) is 0.546. The Bertz CT molecular complexity index is 583. The molecule has 2 rings (SSSR count). The molecule has 0 saturated carbocycles. The molecule has 0 N–H and O–H groups in total. The lowest BCUT2D eigenvalue weighted by Gasteiger charge is -2.34. The summed E-state index contributed by atoms with van der Waals surface area (Å²) in [5.74, 6) is 0.366. The number of hydrogen-bond acceptors (Lipinski definition) is 5. The fraction of sp³-hybridized carbons (Fsp3) is 0.650. The van der Waals surface area contributed by atoms with Gasteiger partial charge in [0.25, 0.3) is 0 Å². The summed E-state index contributed by atoms with van der Waals surface area (Å²) in [6.45, 7) is 7.76. The summed E-state index contributed by atoms with van der Waals surface area (Å²) in [6, 6.07) is 5.26. The number of carbonyl (C=O) groups excluding carboxylic acids is 2. The van der Waals surface area contributed by atoms with E-state index in [-0.39, 0.29) is 18.5 Å². The van der Waals surface area contributed by atoms with Crippen molar-refractivity contribution in [3.8, 4) is 0 Å². The Hall–Kier alpha value is -1.95. The number of hydrogen-bond donors (Lipinski definition) is 0. The third-order valence-electron chi connectivity index (χ3n) is 4.26. The molecular formula is C20H30N2O4. The molecule has 1 amide bonds. The molecule has 1 aromatic heterocycles. The van der Waals surface area contributed by atoms with Crippen molar-refractivity contribution in [3.63, 3.8) is 0 Å². The van der Waals surface area contributed by atoms with Gasteiger partial charge in [-0.15, -0.1) is 0 Å². The first-order valence-electron chi connectivity index (χ1n) is 9.35. The average molecular weight is 362 g/mol. The highest BCUT2D eigenvalue weighted by molar-refractivity contribution is 5.95. The lowest BCUT2D eigenvalue weighted by molar-refractivity contribution is 0.0155. The topological polar surface area (TPSA) is 68.7 Å². The Morgan fingerprint density at radius 3 is 2.81 bits per heavy atom. The number of nitrogens with zero attached hydrogens (tertiary/aromatic N) is 2. The number of aromatic nitrogens is 1. The third kappa shape index (κ3) is 7.12. The van der Waals surface area contributed by atoms with Crippen LogP contribution in [0.2, 0.25) is 0 Å². The lowest BCUT2D eigenvalue weighted by Crippen LogP contribution is -2.42. The molecule has 1 atom stereocenters. The van der Waals surface area contributed by atoms with Gasteiger partial charge in [-0.2, -0.15) is 0 Å². The number of amides is 1. The molecule has 1 aliphatic rings. The highest BCUT2D eigenvalue weighted by Crippen LogP contribution is 2.22. The molecule has 1 saturated heterocycles. The zero-order chi connectivity index (χ0) is 19.0. The number of pyridine rings is 1. The predicted octanol–water partition coefficient (Wildman–Crippen LogP) is 3.71. The van der Waals surface area contributed by atoms with Crippen molar-refractivity contribution < 1.29 is 19.1 Å². The zero-order valence-corrected chi connectivity index (χ0v) is 16.1. The summed E-state index contributed by atoms with van der Waals surface area (Å²) >= 11 is 0. The van der Waals surface area contributed by atoms with Crippen LogP contribution in [0.15, 0.2) is 24.4 Å². The van der Waals surface area contributed by atoms with Crippen LogP contribution in [0.1, 0.15) is 56.9 Å². The van der Waals surface area contributed by atoms with Crippen LogP contribution in [0.4, 0.5) is 4.79 Å². The minimum absolute atomic E-state index is 0.0612. The fourth-order valence-corrected chi connectivity index (χ4v) is 3.03. The highest BCUT2D eigenvalue weighted by atomic mass is 16.6. The first-order chi connectivity index (χ1) is 12.3. The molecule has 0 bridgehead atoms. The number of ketones is 1. The van der Waals surface area contributed by atoms with Crippen LogP contribution in [0.3, 0.4) is 0 Å². The molecule has 0 radical (unpaired) electrons. The normalized spacial score (nSPS) is 17.8. The van der Waals surface area contributed by atoms with Crippen LogP contribution < -0.4 is 0 Å². The number of ether oxygens (including phenoxy) is 2. The second kappa shape index (κ2) is 9.67. The van der Waals surface area contributed by atoms with E-state index in [1.54, 1.807) is 24.4 Å². The Morgan fingerprint density at radius 2 is 2.12 bits per heavy atom. The first-order valence-corrected chi connectivity index (χ1v) is 9.35. The first kappa shape index (κ1) is 20.4. The van der Waals surface area contributed by atoms with E-state index < -0.39 is 5.60 Å². The lowest BCUT2D eigenvalue weighted by atomic mass is 9.94. The fourth-order valence-electron chi connectivity index (χ4n) is 3.03. The largest absolute Gasteiger partial charge is 0.444 e. The van der Waals surface area contributed by atoms with Gasteiger partial charge >= 0.3 is 6.09 Å². The van der Waals surface area contributed by atoms with Gasteiger partial charge in [-0.3, -0.25) is 9.78 Å². The van der Waals surface area contributed by atoms with Crippen molar-refractivity contribution in [2.24, 2.45) is 5.92 Å². The van der Waals surface area contributed by atoms with Crippen LogP contribution in [-0.4, -0.2) is 53.7 Å². The SMILES string of the molecule is CC(C)(C)OC(=O)N1CCC[C@H](CCCOCC(=O)c2ccccn2)C1. The van der Waals surface area contributed by atoms with Gasteiger partial charge in [-0.25, -0.2) is 4.79 Å². The van der Waals surface area contributed by atoms with Gasteiger partial charge in [0.15, 0.2) is 0 Å². The highest BCUT2D eigenvalue weighted by Gasteiger charge is 2.27. The van der Waals surface area contributed by atoms with Gasteiger partial charge in [-0.05, 0) is 64.5 Å². The van der Waals surface area contributed by atoms with Crippen molar-refractivity contribution in [3.05, 3.63) is 30.1 Å². The van der Waals surface area contributed by atoms with Gasteiger partial charge in [0.1, 0.15) is 17.9 Å².